The summed E-state index contributed by atoms with van der Waals surface area (Å²) in [6.45, 7) is 0. The van der Waals surface area contributed by atoms with Gasteiger partial charge in [-0.15, -0.1) is 0 Å². The van der Waals surface area contributed by atoms with Gasteiger partial charge in [0.15, 0.2) is 0 Å². The second-order valence-electron chi connectivity index (χ2n) is 5.36. The normalized spacial score (nSPS) is 17.9. The van der Waals surface area contributed by atoms with Crippen molar-refractivity contribution in [2.75, 3.05) is 0 Å². The standard InChI is InChI=1S/C14H16Cl2N4O/c15-9-6-10(16)12(18-7-9)13-19-14(21-20-13)11(17)8-4-2-1-3-5-8/h6-8,11H,1-5,17H2. The summed E-state index contributed by atoms with van der Waals surface area (Å²) in [5.74, 6) is 1.20. The van der Waals surface area contributed by atoms with Crippen LogP contribution in [0.25, 0.3) is 11.5 Å². The monoisotopic (exact) mass is 326 g/mol. The van der Waals surface area contributed by atoms with E-state index in [9.17, 15) is 0 Å². The molecule has 7 heteroatoms. The zero-order valence-electron chi connectivity index (χ0n) is 11.4. The van der Waals surface area contributed by atoms with E-state index in [1.807, 2.05) is 0 Å². The summed E-state index contributed by atoms with van der Waals surface area (Å²) in [4.78, 5) is 8.50. The quantitative estimate of drug-likeness (QED) is 0.921. The van der Waals surface area contributed by atoms with Crippen molar-refractivity contribution in [3.8, 4) is 11.5 Å². The summed E-state index contributed by atoms with van der Waals surface area (Å²) < 4.78 is 5.30. The molecule has 0 aliphatic heterocycles. The molecule has 0 amide bonds. The summed E-state index contributed by atoms with van der Waals surface area (Å²) in [5, 5.41) is 4.79. The van der Waals surface area contributed by atoms with Crippen LogP contribution in [0.4, 0.5) is 0 Å². The molecule has 2 heterocycles. The number of nitrogens with two attached hydrogens (primary N) is 1. The number of pyridine rings is 1. The maximum Gasteiger partial charge on any atom is 0.244 e. The van der Waals surface area contributed by atoms with E-state index in [0.29, 0.717) is 33.4 Å². The van der Waals surface area contributed by atoms with E-state index in [4.69, 9.17) is 33.5 Å². The van der Waals surface area contributed by atoms with Gasteiger partial charge in [-0.05, 0) is 24.8 Å². The summed E-state index contributed by atoms with van der Waals surface area (Å²) in [6, 6.07) is 1.38. The maximum atomic E-state index is 6.25. The molecule has 0 spiro atoms. The fourth-order valence-electron chi connectivity index (χ4n) is 2.74. The van der Waals surface area contributed by atoms with Crippen LogP contribution in [-0.4, -0.2) is 15.1 Å². The number of aromatic nitrogens is 3. The van der Waals surface area contributed by atoms with Gasteiger partial charge in [-0.25, -0.2) is 4.98 Å². The van der Waals surface area contributed by atoms with E-state index in [2.05, 4.69) is 15.1 Å². The lowest BCUT2D eigenvalue weighted by atomic mass is 9.84. The lowest BCUT2D eigenvalue weighted by molar-refractivity contribution is 0.255. The van der Waals surface area contributed by atoms with E-state index in [1.54, 1.807) is 6.07 Å². The smallest absolute Gasteiger partial charge is 0.244 e. The lowest BCUT2D eigenvalue weighted by Crippen LogP contribution is -2.23. The van der Waals surface area contributed by atoms with E-state index in [1.165, 1.54) is 25.5 Å². The Balaban J connectivity index is 1.82. The average molecular weight is 327 g/mol. The first kappa shape index (κ1) is 14.8. The predicted octanol–water partition coefficient (Wildman–Crippen LogP) is 4.02. The Morgan fingerprint density at radius 1 is 1.24 bits per heavy atom. The molecular formula is C14H16Cl2N4O. The zero-order chi connectivity index (χ0) is 14.8. The summed E-state index contributed by atoms with van der Waals surface area (Å²) in [5.41, 5.74) is 6.70. The number of rotatable bonds is 3. The molecule has 1 saturated carbocycles. The van der Waals surface area contributed by atoms with Crippen LogP contribution in [0.15, 0.2) is 16.8 Å². The van der Waals surface area contributed by atoms with Crippen LogP contribution in [0.5, 0.6) is 0 Å². The molecular weight excluding hydrogens is 311 g/mol. The van der Waals surface area contributed by atoms with E-state index in [-0.39, 0.29) is 6.04 Å². The molecule has 1 fully saturated rings. The highest BCUT2D eigenvalue weighted by atomic mass is 35.5. The summed E-state index contributed by atoms with van der Waals surface area (Å²) >= 11 is 11.9. The molecule has 1 atom stereocenters. The van der Waals surface area contributed by atoms with Crippen molar-refractivity contribution in [3.63, 3.8) is 0 Å². The molecule has 0 bridgehead atoms. The third-order valence-corrected chi connectivity index (χ3v) is 4.40. The SMILES string of the molecule is NC(c1nc(-c2ncc(Cl)cc2Cl)no1)C1CCCCC1. The third-order valence-electron chi connectivity index (χ3n) is 3.90. The highest BCUT2D eigenvalue weighted by molar-refractivity contribution is 6.35. The molecule has 1 aliphatic carbocycles. The van der Waals surface area contributed by atoms with Crippen LogP contribution >= 0.6 is 23.2 Å². The Bertz CT molecular complexity index is 625. The predicted molar refractivity (Wildman–Crippen MR) is 81.1 cm³/mol. The first-order chi connectivity index (χ1) is 10.1. The second-order valence-corrected chi connectivity index (χ2v) is 6.21. The number of halogens is 2. The van der Waals surface area contributed by atoms with Gasteiger partial charge in [0, 0.05) is 6.20 Å². The Kier molecular flexibility index (Phi) is 4.42. The van der Waals surface area contributed by atoms with Crippen molar-refractivity contribution in [2.24, 2.45) is 11.7 Å². The van der Waals surface area contributed by atoms with Crippen molar-refractivity contribution < 1.29 is 4.52 Å². The third kappa shape index (κ3) is 3.20. The van der Waals surface area contributed by atoms with Gasteiger partial charge in [0.1, 0.15) is 5.69 Å². The molecule has 0 radical (unpaired) electrons. The van der Waals surface area contributed by atoms with Crippen molar-refractivity contribution in [1.29, 1.82) is 0 Å². The molecule has 112 valence electrons. The molecule has 2 aromatic rings. The summed E-state index contributed by atoms with van der Waals surface area (Å²) in [7, 11) is 0. The minimum Gasteiger partial charge on any atom is -0.337 e. The van der Waals surface area contributed by atoms with Crippen molar-refractivity contribution in [1.82, 2.24) is 15.1 Å². The first-order valence-corrected chi connectivity index (χ1v) is 7.81. The summed E-state index contributed by atoms with van der Waals surface area (Å²) in [6.07, 6.45) is 7.42. The average Bonchev–Trinajstić information content (AvgIpc) is 2.97. The van der Waals surface area contributed by atoms with Gasteiger partial charge in [0.2, 0.25) is 11.7 Å². The van der Waals surface area contributed by atoms with Crippen LogP contribution < -0.4 is 5.73 Å². The molecule has 1 unspecified atom stereocenters. The first-order valence-electron chi connectivity index (χ1n) is 7.06. The van der Waals surface area contributed by atoms with Crippen molar-refractivity contribution in [2.45, 2.75) is 38.1 Å². The highest BCUT2D eigenvalue weighted by Crippen LogP contribution is 2.33. The number of nitrogens with zero attached hydrogens (tertiary/aromatic N) is 3. The number of hydrogen-bond donors (Lipinski definition) is 1. The largest absolute Gasteiger partial charge is 0.337 e. The Morgan fingerprint density at radius 2 is 2.00 bits per heavy atom. The second kappa shape index (κ2) is 6.30. The van der Waals surface area contributed by atoms with Crippen molar-refractivity contribution >= 4 is 23.2 Å². The minimum atomic E-state index is -0.224. The Hall–Kier alpha value is -1.17. The fraction of sp³-hybridized carbons (Fsp3) is 0.500. The van der Waals surface area contributed by atoms with Gasteiger partial charge in [-0.3, -0.25) is 0 Å². The minimum absolute atomic E-state index is 0.224. The van der Waals surface area contributed by atoms with Gasteiger partial charge in [0.25, 0.3) is 0 Å². The van der Waals surface area contributed by atoms with Crippen LogP contribution in [0.1, 0.15) is 44.0 Å². The molecule has 5 nitrogen and oxygen atoms in total. The topological polar surface area (TPSA) is 77.8 Å². The van der Waals surface area contributed by atoms with Crippen LogP contribution in [0, 0.1) is 5.92 Å². The molecule has 1 aliphatic rings. The van der Waals surface area contributed by atoms with Crippen molar-refractivity contribution in [3.05, 3.63) is 28.2 Å². The van der Waals surface area contributed by atoms with Gasteiger partial charge in [0.05, 0.1) is 16.1 Å². The van der Waals surface area contributed by atoms with Gasteiger partial charge in [-0.1, -0.05) is 47.6 Å². The molecule has 2 aromatic heterocycles. The Morgan fingerprint density at radius 3 is 2.71 bits per heavy atom. The fourth-order valence-corrected chi connectivity index (χ4v) is 3.21. The molecule has 3 rings (SSSR count). The lowest BCUT2D eigenvalue weighted by Gasteiger charge is -2.24. The van der Waals surface area contributed by atoms with E-state index in [0.717, 1.165) is 12.8 Å². The van der Waals surface area contributed by atoms with E-state index < -0.39 is 0 Å². The van der Waals surface area contributed by atoms with Crippen LogP contribution in [0.2, 0.25) is 10.0 Å². The molecule has 21 heavy (non-hydrogen) atoms. The number of hydrogen-bond acceptors (Lipinski definition) is 5. The van der Waals surface area contributed by atoms with Gasteiger partial charge >= 0.3 is 0 Å². The van der Waals surface area contributed by atoms with E-state index >= 15 is 0 Å². The van der Waals surface area contributed by atoms with Crippen LogP contribution in [-0.2, 0) is 0 Å². The maximum absolute atomic E-state index is 6.25. The molecule has 0 saturated heterocycles. The van der Waals surface area contributed by atoms with Crippen LogP contribution in [0.3, 0.4) is 0 Å². The highest BCUT2D eigenvalue weighted by Gasteiger charge is 2.27. The zero-order valence-corrected chi connectivity index (χ0v) is 12.9. The molecule has 0 aromatic carbocycles. The van der Waals surface area contributed by atoms with Gasteiger partial charge in [-0.2, -0.15) is 4.98 Å². The molecule has 2 N–H and O–H groups in total. The Labute approximate surface area is 132 Å². The van der Waals surface area contributed by atoms with Gasteiger partial charge < -0.3 is 10.3 Å².